The normalized spacial score (nSPS) is 14.0. The van der Waals surface area contributed by atoms with Gasteiger partial charge in [-0.25, -0.2) is 18.7 Å². The molecule has 4 rings (SSSR count). The van der Waals surface area contributed by atoms with E-state index in [0.29, 0.717) is 44.0 Å². The van der Waals surface area contributed by atoms with E-state index in [1.165, 1.54) is 30.3 Å². The van der Waals surface area contributed by atoms with Gasteiger partial charge >= 0.3 is 0 Å². The van der Waals surface area contributed by atoms with Crippen LogP contribution < -0.4 is 4.90 Å². The second-order valence-electron chi connectivity index (χ2n) is 7.97. The van der Waals surface area contributed by atoms with E-state index in [0.717, 1.165) is 29.1 Å². The van der Waals surface area contributed by atoms with Gasteiger partial charge in [-0.15, -0.1) is 0 Å². The molecule has 2 heterocycles. The van der Waals surface area contributed by atoms with Crippen molar-refractivity contribution in [2.75, 3.05) is 31.1 Å². The lowest BCUT2D eigenvalue weighted by atomic mass is 10.0. The molecule has 32 heavy (non-hydrogen) atoms. The fraction of sp³-hybridized carbons (Fsp3) is 0.320. The Bertz CT molecular complexity index is 1110. The third kappa shape index (κ3) is 4.77. The summed E-state index contributed by atoms with van der Waals surface area (Å²) in [5.41, 5.74) is 3.32. The molecule has 0 spiro atoms. The summed E-state index contributed by atoms with van der Waals surface area (Å²) in [4.78, 5) is 26.1. The third-order valence-electron chi connectivity index (χ3n) is 5.75. The minimum absolute atomic E-state index is 0.0993. The van der Waals surface area contributed by atoms with Gasteiger partial charge in [-0.1, -0.05) is 19.1 Å². The molecule has 5 nitrogen and oxygen atoms in total. The summed E-state index contributed by atoms with van der Waals surface area (Å²) in [7, 11) is 0. The van der Waals surface area contributed by atoms with Crippen LogP contribution in [0.5, 0.6) is 0 Å². The summed E-state index contributed by atoms with van der Waals surface area (Å²) in [6.45, 7) is 6.27. The highest BCUT2D eigenvalue weighted by atomic mass is 19.1. The monoisotopic (exact) mass is 436 g/mol. The predicted molar refractivity (Wildman–Crippen MR) is 120 cm³/mol. The molecule has 0 bridgehead atoms. The number of rotatable bonds is 5. The molecule has 1 fully saturated rings. The number of hydrogen-bond acceptors (Lipinski definition) is 4. The Balaban J connectivity index is 1.55. The van der Waals surface area contributed by atoms with Crippen molar-refractivity contribution in [3.05, 3.63) is 88.4 Å². The standard InChI is InChI=1S/C25H26F2N4O/c1-3-23-22(16-18-5-4-6-21(27)15-18)24(29-17(2)28-23)30-11-13-31(14-12-30)25(32)19-7-9-20(26)10-8-19/h4-10,15H,3,11-14,16H2,1-2H3. The van der Waals surface area contributed by atoms with Crippen LogP contribution in [0.1, 0.15) is 39.9 Å². The van der Waals surface area contributed by atoms with Crippen LogP contribution in [0, 0.1) is 18.6 Å². The Morgan fingerprint density at radius 3 is 2.34 bits per heavy atom. The first-order valence-corrected chi connectivity index (χ1v) is 10.8. The summed E-state index contributed by atoms with van der Waals surface area (Å²) in [6, 6.07) is 12.2. The Hall–Kier alpha value is -3.35. The number of aryl methyl sites for hydroxylation is 2. The Labute approximate surface area is 186 Å². The summed E-state index contributed by atoms with van der Waals surface area (Å²) in [5, 5.41) is 0. The molecule has 0 atom stereocenters. The van der Waals surface area contributed by atoms with Gasteiger partial charge in [-0.3, -0.25) is 4.79 Å². The number of carbonyl (C=O) groups is 1. The van der Waals surface area contributed by atoms with Crippen molar-refractivity contribution < 1.29 is 13.6 Å². The molecule has 3 aromatic rings. The van der Waals surface area contributed by atoms with E-state index in [1.807, 2.05) is 13.0 Å². The number of amides is 1. The molecule has 1 amide bonds. The van der Waals surface area contributed by atoms with Crippen LogP contribution in [0.25, 0.3) is 0 Å². The topological polar surface area (TPSA) is 49.3 Å². The summed E-state index contributed by atoms with van der Waals surface area (Å²) >= 11 is 0. The molecule has 0 saturated carbocycles. The largest absolute Gasteiger partial charge is 0.353 e. The fourth-order valence-electron chi connectivity index (χ4n) is 4.12. The summed E-state index contributed by atoms with van der Waals surface area (Å²) < 4.78 is 26.9. The Kier molecular flexibility index (Phi) is 6.44. The first-order valence-electron chi connectivity index (χ1n) is 10.8. The average Bonchev–Trinajstić information content (AvgIpc) is 2.80. The molecule has 1 aliphatic rings. The van der Waals surface area contributed by atoms with Crippen molar-refractivity contribution in [1.82, 2.24) is 14.9 Å². The number of hydrogen-bond donors (Lipinski definition) is 0. The van der Waals surface area contributed by atoms with Crippen LogP contribution in [-0.4, -0.2) is 47.0 Å². The highest BCUT2D eigenvalue weighted by molar-refractivity contribution is 5.94. The van der Waals surface area contributed by atoms with E-state index in [1.54, 1.807) is 17.0 Å². The zero-order valence-electron chi connectivity index (χ0n) is 18.3. The van der Waals surface area contributed by atoms with E-state index in [2.05, 4.69) is 16.8 Å². The van der Waals surface area contributed by atoms with E-state index in [-0.39, 0.29) is 17.5 Å². The van der Waals surface area contributed by atoms with Crippen molar-refractivity contribution in [3.63, 3.8) is 0 Å². The first kappa shape index (κ1) is 21.9. The van der Waals surface area contributed by atoms with Crippen LogP contribution in [0.15, 0.2) is 48.5 Å². The maximum Gasteiger partial charge on any atom is 0.253 e. The van der Waals surface area contributed by atoms with Gasteiger partial charge in [0.25, 0.3) is 5.91 Å². The molecule has 7 heteroatoms. The molecular weight excluding hydrogens is 410 g/mol. The zero-order valence-corrected chi connectivity index (χ0v) is 18.3. The molecular formula is C25H26F2N4O. The minimum atomic E-state index is -0.358. The quantitative estimate of drug-likeness (QED) is 0.602. The van der Waals surface area contributed by atoms with Crippen molar-refractivity contribution in [3.8, 4) is 0 Å². The van der Waals surface area contributed by atoms with Crippen LogP contribution in [-0.2, 0) is 12.8 Å². The SMILES string of the molecule is CCc1nc(C)nc(N2CCN(C(=O)c3ccc(F)cc3)CC2)c1Cc1cccc(F)c1. The molecule has 0 unspecified atom stereocenters. The lowest BCUT2D eigenvalue weighted by molar-refractivity contribution is 0.0746. The van der Waals surface area contributed by atoms with Gasteiger partial charge in [-0.05, 0) is 55.3 Å². The molecule has 0 N–H and O–H groups in total. The molecule has 0 radical (unpaired) electrons. The van der Waals surface area contributed by atoms with Crippen LogP contribution in [0.3, 0.4) is 0 Å². The van der Waals surface area contributed by atoms with Crippen molar-refractivity contribution in [1.29, 1.82) is 0 Å². The van der Waals surface area contributed by atoms with E-state index >= 15 is 0 Å². The molecule has 0 aliphatic carbocycles. The highest BCUT2D eigenvalue weighted by Crippen LogP contribution is 2.26. The first-order chi connectivity index (χ1) is 15.4. The molecule has 1 aliphatic heterocycles. The molecule has 2 aromatic carbocycles. The van der Waals surface area contributed by atoms with Gasteiger partial charge in [0, 0.05) is 49.4 Å². The van der Waals surface area contributed by atoms with E-state index in [9.17, 15) is 13.6 Å². The van der Waals surface area contributed by atoms with Crippen LogP contribution in [0.2, 0.25) is 0 Å². The molecule has 1 saturated heterocycles. The van der Waals surface area contributed by atoms with Gasteiger partial charge in [0.15, 0.2) is 0 Å². The van der Waals surface area contributed by atoms with Crippen molar-refractivity contribution in [2.24, 2.45) is 0 Å². The predicted octanol–water partition coefficient (Wildman–Crippen LogP) is 4.18. The average molecular weight is 437 g/mol. The van der Waals surface area contributed by atoms with Crippen LogP contribution >= 0.6 is 0 Å². The number of piperazine rings is 1. The van der Waals surface area contributed by atoms with Gasteiger partial charge < -0.3 is 9.80 Å². The molecule has 166 valence electrons. The second-order valence-corrected chi connectivity index (χ2v) is 7.97. The minimum Gasteiger partial charge on any atom is -0.353 e. The van der Waals surface area contributed by atoms with Crippen molar-refractivity contribution >= 4 is 11.7 Å². The maximum atomic E-state index is 13.8. The number of anilines is 1. The van der Waals surface area contributed by atoms with Crippen molar-refractivity contribution in [2.45, 2.75) is 26.7 Å². The van der Waals surface area contributed by atoms with E-state index < -0.39 is 0 Å². The number of carbonyl (C=O) groups excluding carboxylic acids is 1. The van der Waals surface area contributed by atoms with E-state index in [4.69, 9.17) is 4.98 Å². The summed E-state index contributed by atoms with van der Waals surface area (Å²) in [6.07, 6.45) is 1.30. The zero-order chi connectivity index (χ0) is 22.7. The molecule has 1 aromatic heterocycles. The Morgan fingerprint density at radius 2 is 1.69 bits per heavy atom. The highest BCUT2D eigenvalue weighted by Gasteiger charge is 2.26. The second kappa shape index (κ2) is 9.42. The van der Waals surface area contributed by atoms with Gasteiger partial charge in [-0.2, -0.15) is 0 Å². The third-order valence-corrected chi connectivity index (χ3v) is 5.75. The number of halogens is 2. The maximum absolute atomic E-state index is 13.8. The number of nitrogens with zero attached hydrogens (tertiary/aromatic N) is 4. The summed E-state index contributed by atoms with van der Waals surface area (Å²) in [5.74, 6) is 0.834. The van der Waals surface area contributed by atoms with Gasteiger partial charge in [0.2, 0.25) is 0 Å². The smallest absolute Gasteiger partial charge is 0.253 e. The Morgan fingerprint density at radius 1 is 0.969 bits per heavy atom. The number of aromatic nitrogens is 2. The fourth-order valence-corrected chi connectivity index (χ4v) is 4.12. The van der Waals surface area contributed by atoms with Crippen LogP contribution in [0.4, 0.5) is 14.6 Å². The lowest BCUT2D eigenvalue weighted by Gasteiger charge is -2.36. The number of benzene rings is 2. The lowest BCUT2D eigenvalue weighted by Crippen LogP contribution is -2.49. The van der Waals surface area contributed by atoms with Gasteiger partial charge in [0.1, 0.15) is 23.3 Å². The van der Waals surface area contributed by atoms with Gasteiger partial charge in [0.05, 0.1) is 0 Å².